The van der Waals surface area contributed by atoms with Crippen molar-refractivity contribution in [3.05, 3.63) is 54.5 Å². The second-order valence-electron chi connectivity index (χ2n) is 7.72. The zero-order valence-electron chi connectivity index (χ0n) is 16.9. The number of likely N-dealkylation sites (tertiary alicyclic amines) is 1. The second kappa shape index (κ2) is 8.61. The number of carbonyl (C=O) groups is 1. The summed E-state index contributed by atoms with van der Waals surface area (Å²) in [7, 11) is 3.95. The molecule has 0 radical (unpaired) electrons. The van der Waals surface area contributed by atoms with Crippen molar-refractivity contribution in [2.75, 3.05) is 33.7 Å². The zero-order chi connectivity index (χ0) is 20.2. The lowest BCUT2D eigenvalue weighted by atomic mass is 9.98. The Morgan fingerprint density at radius 3 is 3.14 bits per heavy atom. The molecule has 0 saturated carbocycles. The van der Waals surface area contributed by atoms with Gasteiger partial charge in [-0.1, -0.05) is 12.1 Å². The molecule has 1 amide bonds. The number of piperidine rings is 1. The number of aromatic nitrogens is 2. The Hall–Kier alpha value is -2.93. The third-order valence-corrected chi connectivity index (χ3v) is 5.36. The monoisotopic (exact) mass is 394 g/mol. The first-order valence-corrected chi connectivity index (χ1v) is 9.94. The number of fused-ring (bicyclic) bond motifs is 1. The van der Waals surface area contributed by atoms with Gasteiger partial charge in [-0.3, -0.25) is 9.78 Å². The van der Waals surface area contributed by atoms with Gasteiger partial charge in [0, 0.05) is 43.3 Å². The van der Waals surface area contributed by atoms with Crippen molar-refractivity contribution in [1.82, 2.24) is 19.8 Å². The van der Waals surface area contributed by atoms with Crippen LogP contribution in [0.3, 0.4) is 0 Å². The Morgan fingerprint density at radius 1 is 1.38 bits per heavy atom. The van der Waals surface area contributed by atoms with Gasteiger partial charge in [-0.2, -0.15) is 0 Å². The predicted octanol–water partition coefficient (Wildman–Crippen LogP) is 3.22. The molecule has 0 unspecified atom stereocenters. The van der Waals surface area contributed by atoms with E-state index in [4.69, 9.17) is 9.15 Å². The number of ether oxygens (including phenoxy) is 1. The van der Waals surface area contributed by atoms with Crippen LogP contribution >= 0.6 is 0 Å². The summed E-state index contributed by atoms with van der Waals surface area (Å²) in [5.74, 6) is 1.49. The van der Waals surface area contributed by atoms with Crippen LogP contribution in [0.1, 0.15) is 29.2 Å². The van der Waals surface area contributed by atoms with E-state index >= 15 is 0 Å². The smallest absolute Gasteiger partial charge is 0.275 e. The molecule has 7 heteroatoms. The number of amides is 1. The number of hydrogen-bond donors (Lipinski definition) is 0. The number of pyridine rings is 1. The van der Waals surface area contributed by atoms with Crippen LogP contribution in [0.15, 0.2) is 47.3 Å². The Labute approximate surface area is 170 Å². The van der Waals surface area contributed by atoms with E-state index < -0.39 is 0 Å². The van der Waals surface area contributed by atoms with E-state index in [9.17, 15) is 4.79 Å². The van der Waals surface area contributed by atoms with Gasteiger partial charge in [0.05, 0.1) is 0 Å². The molecule has 0 aliphatic carbocycles. The molecule has 1 atom stereocenters. The average molecular weight is 394 g/mol. The maximum atomic E-state index is 12.7. The first kappa shape index (κ1) is 19.4. The quantitative estimate of drug-likeness (QED) is 0.639. The van der Waals surface area contributed by atoms with Gasteiger partial charge in [0.1, 0.15) is 12.0 Å². The van der Waals surface area contributed by atoms with Crippen molar-refractivity contribution in [2.24, 2.45) is 5.92 Å². The Bertz CT molecular complexity index is 982. The second-order valence-corrected chi connectivity index (χ2v) is 7.72. The fourth-order valence-electron chi connectivity index (χ4n) is 3.92. The molecule has 1 fully saturated rings. The van der Waals surface area contributed by atoms with E-state index in [1.807, 2.05) is 31.3 Å². The van der Waals surface area contributed by atoms with E-state index in [1.165, 1.54) is 12.7 Å². The standard InChI is InChI=1S/C22H26N4O3/c1-25-10-4-5-16(12-25)13-26(2)22(27)19-14-29-21(24-19)15-28-20-7-3-6-17-11-23-9-8-18(17)20/h3,6-9,11,14,16H,4-5,10,12-13,15H2,1-2H3/t16-/m1/s1. The van der Waals surface area contributed by atoms with Crippen molar-refractivity contribution in [2.45, 2.75) is 19.4 Å². The minimum Gasteiger partial charge on any atom is -0.483 e. The predicted molar refractivity (Wildman–Crippen MR) is 110 cm³/mol. The van der Waals surface area contributed by atoms with Gasteiger partial charge in [0.25, 0.3) is 5.91 Å². The van der Waals surface area contributed by atoms with E-state index in [-0.39, 0.29) is 12.5 Å². The molecule has 0 N–H and O–H groups in total. The molecule has 1 saturated heterocycles. The Morgan fingerprint density at radius 2 is 2.28 bits per heavy atom. The SMILES string of the molecule is CN1CCC[C@@H](CN(C)C(=O)c2coc(COc3cccc4cnccc34)n2)C1. The van der Waals surface area contributed by atoms with Gasteiger partial charge in [-0.15, -0.1) is 0 Å². The molecule has 7 nitrogen and oxygen atoms in total. The summed E-state index contributed by atoms with van der Waals surface area (Å²) in [6, 6.07) is 7.71. The third-order valence-electron chi connectivity index (χ3n) is 5.36. The van der Waals surface area contributed by atoms with Crippen LogP contribution < -0.4 is 4.74 Å². The minimum atomic E-state index is -0.121. The molecule has 0 spiro atoms. The summed E-state index contributed by atoms with van der Waals surface area (Å²) in [5, 5.41) is 1.98. The van der Waals surface area contributed by atoms with E-state index in [2.05, 4.69) is 21.9 Å². The highest BCUT2D eigenvalue weighted by atomic mass is 16.5. The molecule has 29 heavy (non-hydrogen) atoms. The summed E-state index contributed by atoms with van der Waals surface area (Å²) in [6.07, 6.45) is 7.28. The molecule has 1 aliphatic heterocycles. The molecule has 1 aromatic carbocycles. The van der Waals surface area contributed by atoms with E-state index in [0.29, 0.717) is 17.5 Å². The maximum Gasteiger partial charge on any atom is 0.275 e. The van der Waals surface area contributed by atoms with Crippen LogP contribution in [0.25, 0.3) is 10.8 Å². The van der Waals surface area contributed by atoms with Crippen LogP contribution in [0.2, 0.25) is 0 Å². The molecule has 2 aromatic heterocycles. The van der Waals surface area contributed by atoms with Crippen molar-refractivity contribution in [1.29, 1.82) is 0 Å². The van der Waals surface area contributed by atoms with Gasteiger partial charge in [0.2, 0.25) is 5.89 Å². The number of hydrogen-bond acceptors (Lipinski definition) is 6. The van der Waals surface area contributed by atoms with Crippen molar-refractivity contribution < 1.29 is 13.9 Å². The van der Waals surface area contributed by atoms with Crippen LogP contribution in [0.5, 0.6) is 5.75 Å². The van der Waals surface area contributed by atoms with Crippen molar-refractivity contribution in [3.8, 4) is 5.75 Å². The molecule has 4 rings (SSSR count). The summed E-state index contributed by atoms with van der Waals surface area (Å²) < 4.78 is 11.4. The zero-order valence-corrected chi connectivity index (χ0v) is 16.9. The van der Waals surface area contributed by atoms with Crippen LogP contribution in [-0.4, -0.2) is 59.4 Å². The van der Waals surface area contributed by atoms with Gasteiger partial charge in [-0.25, -0.2) is 4.98 Å². The largest absolute Gasteiger partial charge is 0.483 e. The molecular formula is C22H26N4O3. The van der Waals surface area contributed by atoms with E-state index in [0.717, 1.165) is 42.6 Å². The normalized spacial score (nSPS) is 17.4. The number of carbonyl (C=O) groups excluding carboxylic acids is 1. The highest BCUT2D eigenvalue weighted by molar-refractivity contribution is 5.91. The Balaban J connectivity index is 1.37. The third kappa shape index (κ3) is 4.56. The van der Waals surface area contributed by atoms with Gasteiger partial charge in [0.15, 0.2) is 12.3 Å². The van der Waals surface area contributed by atoms with E-state index in [1.54, 1.807) is 17.3 Å². The molecular weight excluding hydrogens is 368 g/mol. The lowest BCUT2D eigenvalue weighted by molar-refractivity contribution is 0.0735. The van der Waals surface area contributed by atoms with Crippen molar-refractivity contribution >= 4 is 16.7 Å². The fourth-order valence-corrected chi connectivity index (χ4v) is 3.92. The topological polar surface area (TPSA) is 71.7 Å². The average Bonchev–Trinajstić information content (AvgIpc) is 3.20. The Kier molecular flexibility index (Phi) is 5.76. The summed E-state index contributed by atoms with van der Waals surface area (Å²) in [4.78, 5) is 25.2. The number of rotatable bonds is 6. The summed E-state index contributed by atoms with van der Waals surface area (Å²) in [5.41, 5.74) is 0.317. The highest BCUT2D eigenvalue weighted by Gasteiger charge is 2.23. The lowest BCUT2D eigenvalue weighted by Crippen LogP contribution is -2.40. The number of benzene rings is 1. The molecule has 3 heterocycles. The first-order valence-electron chi connectivity index (χ1n) is 9.94. The number of nitrogens with zero attached hydrogens (tertiary/aromatic N) is 4. The first-order chi connectivity index (χ1) is 14.1. The maximum absolute atomic E-state index is 12.7. The molecule has 1 aliphatic rings. The molecule has 152 valence electrons. The van der Waals surface area contributed by atoms with Crippen molar-refractivity contribution in [3.63, 3.8) is 0 Å². The van der Waals surface area contributed by atoms with Gasteiger partial charge < -0.3 is 19.0 Å². The summed E-state index contributed by atoms with van der Waals surface area (Å²) in [6.45, 7) is 3.04. The molecule has 3 aromatic rings. The van der Waals surface area contributed by atoms with Gasteiger partial charge in [-0.05, 0) is 44.5 Å². The molecule has 0 bridgehead atoms. The number of oxazole rings is 1. The van der Waals surface area contributed by atoms with Gasteiger partial charge >= 0.3 is 0 Å². The minimum absolute atomic E-state index is 0.121. The fraction of sp³-hybridized carbons (Fsp3) is 0.409. The van der Waals surface area contributed by atoms with Crippen LogP contribution in [0.4, 0.5) is 0 Å². The highest BCUT2D eigenvalue weighted by Crippen LogP contribution is 2.25. The van der Waals surface area contributed by atoms with Crippen LogP contribution in [-0.2, 0) is 6.61 Å². The van der Waals surface area contributed by atoms with Crippen LogP contribution in [0, 0.1) is 5.92 Å². The lowest BCUT2D eigenvalue weighted by Gasteiger charge is -2.32. The summed E-state index contributed by atoms with van der Waals surface area (Å²) >= 11 is 0.